The Morgan fingerprint density at radius 1 is 1.14 bits per heavy atom. The van der Waals surface area contributed by atoms with Gasteiger partial charge in [-0.2, -0.15) is 0 Å². The highest BCUT2D eigenvalue weighted by Gasteiger charge is 2.16. The van der Waals surface area contributed by atoms with Crippen LogP contribution in [0.15, 0.2) is 42.5 Å². The molecule has 2 aromatic rings. The maximum atomic E-state index is 11.7. The molecule has 0 unspecified atom stereocenters. The Kier molecular flexibility index (Phi) is 5.34. The van der Waals surface area contributed by atoms with E-state index in [4.69, 9.17) is 4.74 Å². The first kappa shape index (κ1) is 15.5. The molecule has 0 N–H and O–H groups in total. The fraction of sp³-hybridized carbons (Fsp3) is 0.389. The molecular weight excluding hydrogens is 262 g/mol. The minimum Gasteiger partial charge on any atom is -0.465 e. The first-order valence-corrected chi connectivity index (χ1v) is 7.48. The van der Waals surface area contributed by atoms with Gasteiger partial charge in [0.1, 0.15) is 0 Å². The number of ether oxygens (including phenoxy) is 1. The Labute approximate surface area is 126 Å². The van der Waals surface area contributed by atoms with Crippen molar-refractivity contribution < 1.29 is 9.53 Å². The van der Waals surface area contributed by atoms with E-state index in [1.807, 2.05) is 13.0 Å². The van der Waals surface area contributed by atoms with Crippen LogP contribution in [0.4, 0.5) is 0 Å². The normalized spacial score (nSPS) is 11.3. The van der Waals surface area contributed by atoms with E-state index in [0.29, 0.717) is 13.2 Å². The van der Waals surface area contributed by atoms with Crippen molar-refractivity contribution in [1.29, 1.82) is 0 Å². The summed E-state index contributed by atoms with van der Waals surface area (Å²) in [5.41, 5.74) is 1.24. The Morgan fingerprint density at radius 2 is 1.86 bits per heavy atom. The molecule has 0 aliphatic carbocycles. The predicted molar refractivity (Wildman–Crippen MR) is 86.1 cm³/mol. The maximum absolute atomic E-state index is 11.7. The lowest BCUT2D eigenvalue weighted by Crippen LogP contribution is -2.36. The second-order valence-electron chi connectivity index (χ2n) is 5.44. The summed E-state index contributed by atoms with van der Waals surface area (Å²) in [6, 6.07) is 14.9. The zero-order chi connectivity index (χ0) is 15.2. The summed E-state index contributed by atoms with van der Waals surface area (Å²) in [6.07, 6.45) is 0. The number of esters is 1. The molecule has 0 bridgehead atoms. The average molecular weight is 285 g/mol. The Balaban J connectivity index is 2.21. The standard InChI is InChI=1S/C18H23NO2/c1-4-21-18(20)13-19(14(2)3)12-16-10-7-9-15-8-5-6-11-17(15)16/h5-11,14H,4,12-13H2,1-3H3. The number of carbonyl (C=O) groups excluding carboxylic acids is 1. The maximum Gasteiger partial charge on any atom is 0.320 e. The van der Waals surface area contributed by atoms with Crippen LogP contribution in [0.25, 0.3) is 10.8 Å². The van der Waals surface area contributed by atoms with Gasteiger partial charge in [0.05, 0.1) is 13.2 Å². The van der Waals surface area contributed by atoms with Crippen LogP contribution >= 0.6 is 0 Å². The van der Waals surface area contributed by atoms with Crippen LogP contribution in [-0.2, 0) is 16.1 Å². The first-order valence-electron chi connectivity index (χ1n) is 7.48. The van der Waals surface area contributed by atoms with E-state index in [1.165, 1.54) is 16.3 Å². The van der Waals surface area contributed by atoms with Crippen LogP contribution in [0.1, 0.15) is 26.3 Å². The molecule has 0 fully saturated rings. The molecule has 21 heavy (non-hydrogen) atoms. The number of carbonyl (C=O) groups is 1. The highest BCUT2D eigenvalue weighted by atomic mass is 16.5. The quantitative estimate of drug-likeness (QED) is 0.759. The molecule has 112 valence electrons. The topological polar surface area (TPSA) is 29.5 Å². The molecule has 0 aromatic heterocycles. The minimum atomic E-state index is -0.161. The van der Waals surface area contributed by atoms with E-state index in [1.54, 1.807) is 0 Å². The van der Waals surface area contributed by atoms with E-state index in [-0.39, 0.29) is 12.0 Å². The van der Waals surface area contributed by atoms with Crippen molar-refractivity contribution >= 4 is 16.7 Å². The molecule has 0 radical (unpaired) electrons. The number of fused-ring (bicyclic) bond motifs is 1. The van der Waals surface area contributed by atoms with Crippen LogP contribution in [0.3, 0.4) is 0 Å². The van der Waals surface area contributed by atoms with Gasteiger partial charge in [-0.3, -0.25) is 9.69 Å². The lowest BCUT2D eigenvalue weighted by atomic mass is 10.0. The molecule has 2 rings (SSSR count). The second kappa shape index (κ2) is 7.23. The third kappa shape index (κ3) is 4.05. The van der Waals surface area contributed by atoms with Crippen LogP contribution in [-0.4, -0.2) is 30.1 Å². The van der Waals surface area contributed by atoms with Crippen LogP contribution in [0, 0.1) is 0 Å². The van der Waals surface area contributed by atoms with Gasteiger partial charge in [0.15, 0.2) is 0 Å². The van der Waals surface area contributed by atoms with Crippen molar-refractivity contribution in [1.82, 2.24) is 4.90 Å². The van der Waals surface area contributed by atoms with E-state index in [9.17, 15) is 4.79 Å². The number of nitrogens with zero attached hydrogens (tertiary/aromatic N) is 1. The number of hydrogen-bond donors (Lipinski definition) is 0. The zero-order valence-electron chi connectivity index (χ0n) is 13.0. The van der Waals surface area contributed by atoms with E-state index in [0.717, 1.165) is 6.54 Å². The molecule has 0 aliphatic heterocycles. The van der Waals surface area contributed by atoms with Crippen molar-refractivity contribution in [2.75, 3.05) is 13.2 Å². The number of hydrogen-bond acceptors (Lipinski definition) is 3. The molecule has 3 nitrogen and oxygen atoms in total. The summed E-state index contributed by atoms with van der Waals surface area (Å²) in [5.74, 6) is -0.161. The summed E-state index contributed by atoms with van der Waals surface area (Å²) >= 11 is 0. The molecule has 0 aliphatic rings. The Hall–Kier alpha value is -1.87. The van der Waals surface area contributed by atoms with Gasteiger partial charge in [0.2, 0.25) is 0 Å². The van der Waals surface area contributed by atoms with Crippen molar-refractivity contribution in [3.05, 3.63) is 48.0 Å². The van der Waals surface area contributed by atoms with Gasteiger partial charge in [-0.1, -0.05) is 42.5 Å². The van der Waals surface area contributed by atoms with E-state index in [2.05, 4.69) is 55.1 Å². The minimum absolute atomic E-state index is 0.161. The van der Waals surface area contributed by atoms with Crippen molar-refractivity contribution in [3.8, 4) is 0 Å². The average Bonchev–Trinajstić information content (AvgIpc) is 2.47. The summed E-state index contributed by atoms with van der Waals surface area (Å²) in [5, 5.41) is 2.48. The van der Waals surface area contributed by atoms with E-state index < -0.39 is 0 Å². The molecule has 0 heterocycles. The zero-order valence-corrected chi connectivity index (χ0v) is 13.0. The van der Waals surface area contributed by atoms with Crippen molar-refractivity contribution in [2.45, 2.75) is 33.4 Å². The first-order chi connectivity index (χ1) is 10.1. The second-order valence-corrected chi connectivity index (χ2v) is 5.44. The highest BCUT2D eigenvalue weighted by molar-refractivity contribution is 5.85. The third-order valence-corrected chi connectivity index (χ3v) is 3.62. The van der Waals surface area contributed by atoms with Gasteiger partial charge >= 0.3 is 5.97 Å². The molecule has 0 saturated carbocycles. The summed E-state index contributed by atoms with van der Waals surface area (Å²) in [6.45, 7) is 7.54. The van der Waals surface area contributed by atoms with Gasteiger partial charge < -0.3 is 4.74 Å². The number of rotatable bonds is 6. The van der Waals surface area contributed by atoms with Crippen molar-refractivity contribution in [3.63, 3.8) is 0 Å². The Morgan fingerprint density at radius 3 is 2.57 bits per heavy atom. The van der Waals surface area contributed by atoms with E-state index >= 15 is 0 Å². The number of benzene rings is 2. The monoisotopic (exact) mass is 285 g/mol. The van der Waals surface area contributed by atoms with Crippen LogP contribution in [0.2, 0.25) is 0 Å². The van der Waals surface area contributed by atoms with Gasteiger partial charge in [-0.25, -0.2) is 0 Å². The van der Waals surface area contributed by atoms with Gasteiger partial charge in [-0.05, 0) is 37.1 Å². The van der Waals surface area contributed by atoms with Crippen LogP contribution < -0.4 is 0 Å². The SMILES string of the molecule is CCOC(=O)CN(Cc1cccc2ccccc12)C(C)C. The smallest absolute Gasteiger partial charge is 0.320 e. The lowest BCUT2D eigenvalue weighted by molar-refractivity contribution is -0.145. The summed E-state index contributed by atoms with van der Waals surface area (Å²) in [7, 11) is 0. The van der Waals surface area contributed by atoms with Gasteiger partial charge in [0, 0.05) is 12.6 Å². The Bertz CT molecular complexity index is 602. The lowest BCUT2D eigenvalue weighted by Gasteiger charge is -2.26. The summed E-state index contributed by atoms with van der Waals surface area (Å²) in [4.78, 5) is 13.9. The van der Waals surface area contributed by atoms with Crippen molar-refractivity contribution in [2.24, 2.45) is 0 Å². The fourth-order valence-electron chi connectivity index (χ4n) is 2.44. The molecule has 0 amide bonds. The molecule has 0 saturated heterocycles. The molecular formula is C18H23NO2. The fourth-order valence-corrected chi connectivity index (χ4v) is 2.44. The predicted octanol–water partition coefficient (Wildman–Crippen LogP) is 3.61. The molecule has 0 spiro atoms. The third-order valence-electron chi connectivity index (χ3n) is 3.62. The summed E-state index contributed by atoms with van der Waals surface area (Å²) < 4.78 is 5.07. The van der Waals surface area contributed by atoms with Gasteiger partial charge in [0.25, 0.3) is 0 Å². The molecule has 3 heteroatoms. The van der Waals surface area contributed by atoms with Crippen LogP contribution in [0.5, 0.6) is 0 Å². The highest BCUT2D eigenvalue weighted by Crippen LogP contribution is 2.20. The molecule has 0 atom stereocenters. The largest absolute Gasteiger partial charge is 0.465 e. The van der Waals surface area contributed by atoms with Gasteiger partial charge in [-0.15, -0.1) is 0 Å². The molecule has 2 aromatic carbocycles.